The van der Waals surface area contributed by atoms with Crippen molar-refractivity contribution >= 4 is 21.8 Å². The highest BCUT2D eigenvalue weighted by Gasteiger charge is 2.44. The number of carbonyl (C=O) groups excluding carboxylic acids is 2. The Labute approximate surface area is 172 Å². The maximum absolute atomic E-state index is 12.8. The van der Waals surface area contributed by atoms with Gasteiger partial charge in [0.05, 0.1) is 11.3 Å². The molecule has 29 heavy (non-hydrogen) atoms. The highest BCUT2D eigenvalue weighted by atomic mass is 32.2. The second-order valence-corrected chi connectivity index (χ2v) is 10.2. The molecule has 3 rings (SSSR count). The third kappa shape index (κ3) is 5.27. The molecule has 2 fully saturated rings. The molecule has 9 heteroatoms. The maximum Gasteiger partial charge on any atom is 0.258 e. The van der Waals surface area contributed by atoms with Crippen LogP contribution in [0.4, 0.5) is 0 Å². The summed E-state index contributed by atoms with van der Waals surface area (Å²) in [5.74, 6) is -0.299. The summed E-state index contributed by atoms with van der Waals surface area (Å²) in [7, 11) is -3.50. The van der Waals surface area contributed by atoms with Crippen LogP contribution in [0.25, 0.3) is 0 Å². The number of hydrogen-bond donors (Lipinski definition) is 2. The van der Waals surface area contributed by atoms with Crippen molar-refractivity contribution in [3.63, 3.8) is 0 Å². The minimum Gasteiger partial charge on any atom is -0.484 e. The van der Waals surface area contributed by atoms with E-state index in [0.29, 0.717) is 5.75 Å². The summed E-state index contributed by atoms with van der Waals surface area (Å²) in [6.07, 6.45) is 3.38. The lowest BCUT2D eigenvalue weighted by molar-refractivity contribution is -0.130. The molecule has 1 spiro atoms. The van der Waals surface area contributed by atoms with Crippen molar-refractivity contribution in [3.8, 4) is 5.75 Å². The van der Waals surface area contributed by atoms with Crippen LogP contribution in [0.15, 0.2) is 24.3 Å². The topological polar surface area (TPSA) is 105 Å². The molecule has 0 aromatic heterocycles. The fourth-order valence-electron chi connectivity index (χ4n) is 4.01. The molecule has 1 aromatic carbocycles. The summed E-state index contributed by atoms with van der Waals surface area (Å²) < 4.78 is 32.0. The zero-order chi connectivity index (χ0) is 21.1. The number of aryl methyl sites for hydroxylation is 1. The van der Waals surface area contributed by atoms with Gasteiger partial charge in [0.15, 0.2) is 6.61 Å². The van der Waals surface area contributed by atoms with Gasteiger partial charge >= 0.3 is 0 Å². The monoisotopic (exact) mass is 423 g/mol. The molecular formula is C20H29N3O5S. The second kappa shape index (κ2) is 8.71. The summed E-state index contributed by atoms with van der Waals surface area (Å²) in [4.78, 5) is 25.2. The summed E-state index contributed by atoms with van der Waals surface area (Å²) in [5, 5.41) is 5.66. The quantitative estimate of drug-likeness (QED) is 0.709. The number of carbonyl (C=O) groups is 2. The highest BCUT2D eigenvalue weighted by molar-refractivity contribution is 7.89. The molecule has 2 aliphatic rings. The third-order valence-electron chi connectivity index (χ3n) is 5.58. The summed E-state index contributed by atoms with van der Waals surface area (Å²) in [6, 6.07) is 6.36. The number of amides is 2. The Morgan fingerprint density at radius 1 is 1.34 bits per heavy atom. The number of benzene rings is 1. The van der Waals surface area contributed by atoms with Crippen LogP contribution >= 0.6 is 0 Å². The first kappa shape index (κ1) is 21.6. The Morgan fingerprint density at radius 3 is 2.72 bits per heavy atom. The van der Waals surface area contributed by atoms with Gasteiger partial charge < -0.3 is 15.4 Å². The van der Waals surface area contributed by atoms with Crippen molar-refractivity contribution < 1.29 is 22.7 Å². The predicted molar refractivity (Wildman–Crippen MR) is 109 cm³/mol. The highest BCUT2D eigenvalue weighted by Crippen LogP contribution is 2.32. The Hall–Kier alpha value is -2.13. The lowest BCUT2D eigenvalue weighted by atomic mass is 9.98. The van der Waals surface area contributed by atoms with E-state index in [-0.39, 0.29) is 31.4 Å². The zero-order valence-electron chi connectivity index (χ0n) is 16.9. The largest absolute Gasteiger partial charge is 0.484 e. The van der Waals surface area contributed by atoms with Gasteiger partial charge in [-0.2, -0.15) is 4.31 Å². The van der Waals surface area contributed by atoms with Crippen LogP contribution in [0.5, 0.6) is 5.75 Å². The molecule has 8 nitrogen and oxygen atoms in total. The fraction of sp³-hybridized carbons (Fsp3) is 0.600. The summed E-state index contributed by atoms with van der Waals surface area (Å²) in [6.45, 7) is 3.43. The van der Waals surface area contributed by atoms with Crippen molar-refractivity contribution in [1.29, 1.82) is 0 Å². The number of nitrogens with one attached hydrogen (secondary N) is 2. The SMILES string of the molecule is CCS(=O)(=O)N1CC(NC(=O)COc2cccc(C)c2)C(=O)NC2(CCCC2)C1. The van der Waals surface area contributed by atoms with Gasteiger partial charge in [-0.3, -0.25) is 9.59 Å². The van der Waals surface area contributed by atoms with Crippen LogP contribution in [0.2, 0.25) is 0 Å². The molecule has 0 radical (unpaired) electrons. The fourth-order valence-corrected chi connectivity index (χ4v) is 5.19. The van der Waals surface area contributed by atoms with Gasteiger partial charge in [-0.05, 0) is 44.4 Å². The van der Waals surface area contributed by atoms with E-state index in [1.807, 2.05) is 25.1 Å². The van der Waals surface area contributed by atoms with Crippen molar-refractivity contribution in [3.05, 3.63) is 29.8 Å². The molecule has 1 aliphatic carbocycles. The minimum absolute atomic E-state index is 0.0472. The molecule has 2 amide bonds. The van der Waals surface area contributed by atoms with Crippen LogP contribution in [0, 0.1) is 6.92 Å². The van der Waals surface area contributed by atoms with Gasteiger partial charge in [-0.1, -0.05) is 25.0 Å². The molecule has 160 valence electrons. The van der Waals surface area contributed by atoms with E-state index in [1.54, 1.807) is 13.0 Å². The van der Waals surface area contributed by atoms with E-state index in [9.17, 15) is 18.0 Å². The van der Waals surface area contributed by atoms with Gasteiger partial charge in [0, 0.05) is 13.1 Å². The first-order chi connectivity index (χ1) is 13.7. The number of ether oxygens (including phenoxy) is 1. The molecule has 1 aliphatic heterocycles. The Morgan fingerprint density at radius 2 is 2.07 bits per heavy atom. The molecule has 1 aromatic rings. The molecule has 1 heterocycles. The average molecular weight is 424 g/mol. The van der Waals surface area contributed by atoms with Crippen LogP contribution in [-0.2, 0) is 19.6 Å². The zero-order valence-corrected chi connectivity index (χ0v) is 17.8. The molecule has 2 N–H and O–H groups in total. The van der Waals surface area contributed by atoms with Crippen LogP contribution in [0.1, 0.15) is 38.2 Å². The van der Waals surface area contributed by atoms with E-state index >= 15 is 0 Å². The second-order valence-electron chi connectivity index (χ2n) is 7.90. The van der Waals surface area contributed by atoms with E-state index in [0.717, 1.165) is 31.2 Å². The Bertz CT molecular complexity index is 865. The number of rotatable bonds is 6. The molecule has 1 saturated carbocycles. The molecule has 1 saturated heterocycles. The van der Waals surface area contributed by atoms with Crippen LogP contribution < -0.4 is 15.4 Å². The van der Waals surface area contributed by atoms with Crippen LogP contribution in [0.3, 0.4) is 0 Å². The first-order valence-corrected chi connectivity index (χ1v) is 11.6. The smallest absolute Gasteiger partial charge is 0.258 e. The summed E-state index contributed by atoms with van der Waals surface area (Å²) in [5.41, 5.74) is 0.463. The van der Waals surface area contributed by atoms with E-state index in [1.165, 1.54) is 4.31 Å². The Kier molecular flexibility index (Phi) is 6.48. The van der Waals surface area contributed by atoms with Gasteiger partial charge in [-0.25, -0.2) is 8.42 Å². The van der Waals surface area contributed by atoms with Crippen molar-refractivity contribution in [2.45, 2.75) is 51.1 Å². The van der Waals surface area contributed by atoms with Gasteiger partial charge in [-0.15, -0.1) is 0 Å². The number of nitrogens with zero attached hydrogens (tertiary/aromatic N) is 1. The average Bonchev–Trinajstić information content (AvgIpc) is 3.07. The van der Waals surface area contributed by atoms with E-state index in [2.05, 4.69) is 10.6 Å². The third-order valence-corrected chi connectivity index (χ3v) is 7.38. The Balaban J connectivity index is 1.69. The molecular weight excluding hydrogens is 394 g/mol. The first-order valence-electron chi connectivity index (χ1n) is 10.0. The molecule has 1 atom stereocenters. The van der Waals surface area contributed by atoms with Crippen LogP contribution in [-0.4, -0.2) is 61.6 Å². The lowest BCUT2D eigenvalue weighted by Gasteiger charge is -2.32. The minimum atomic E-state index is -3.50. The number of hydrogen-bond acceptors (Lipinski definition) is 5. The standard InChI is InChI=1S/C20H29N3O5S/c1-3-29(26,27)23-12-17(19(25)22-20(14-23)9-4-5-10-20)21-18(24)13-28-16-8-6-7-15(2)11-16/h6-8,11,17H,3-5,9-10,12-14H2,1-2H3,(H,21,24)(H,22,25). The lowest BCUT2D eigenvalue weighted by Crippen LogP contribution is -2.54. The van der Waals surface area contributed by atoms with Crippen molar-refractivity contribution in [2.75, 3.05) is 25.4 Å². The van der Waals surface area contributed by atoms with Crippen molar-refractivity contribution in [2.24, 2.45) is 0 Å². The van der Waals surface area contributed by atoms with Gasteiger partial charge in [0.1, 0.15) is 11.8 Å². The van der Waals surface area contributed by atoms with Gasteiger partial charge in [0.25, 0.3) is 5.91 Å². The van der Waals surface area contributed by atoms with E-state index < -0.39 is 27.5 Å². The number of sulfonamides is 1. The van der Waals surface area contributed by atoms with E-state index in [4.69, 9.17) is 4.74 Å². The molecule has 1 unspecified atom stereocenters. The van der Waals surface area contributed by atoms with Gasteiger partial charge in [0.2, 0.25) is 15.9 Å². The predicted octanol–water partition coefficient (Wildman–Crippen LogP) is 0.953. The normalized spacial score (nSPS) is 22.1. The molecule has 0 bridgehead atoms. The van der Waals surface area contributed by atoms with Crippen molar-refractivity contribution in [1.82, 2.24) is 14.9 Å². The summed E-state index contributed by atoms with van der Waals surface area (Å²) >= 11 is 0. The maximum atomic E-state index is 12.8.